The summed E-state index contributed by atoms with van der Waals surface area (Å²) in [5, 5.41) is 0. The van der Waals surface area contributed by atoms with E-state index in [4.69, 9.17) is 5.84 Å². The minimum Gasteiger partial charge on any atom is -0.271 e. The molecule has 1 aromatic rings. The topological polar surface area (TPSA) is 38.0 Å². The van der Waals surface area contributed by atoms with Gasteiger partial charge >= 0.3 is 0 Å². The molecule has 100 valence electrons. The van der Waals surface area contributed by atoms with Gasteiger partial charge in [0.05, 0.1) is 0 Å². The third kappa shape index (κ3) is 2.90. The fourth-order valence-electron chi connectivity index (χ4n) is 3.09. The summed E-state index contributed by atoms with van der Waals surface area (Å²) in [7, 11) is 0. The van der Waals surface area contributed by atoms with Crippen molar-refractivity contribution >= 4 is 0 Å². The Hall–Kier alpha value is -0.930. The summed E-state index contributed by atoms with van der Waals surface area (Å²) < 4.78 is 13.2. The van der Waals surface area contributed by atoms with Crippen LogP contribution >= 0.6 is 0 Å². The first-order chi connectivity index (χ1) is 8.61. The van der Waals surface area contributed by atoms with Crippen LogP contribution in [0.3, 0.4) is 0 Å². The molecule has 0 spiro atoms. The molecular formula is C15H23FN2. The van der Waals surface area contributed by atoms with Crippen molar-refractivity contribution in [1.82, 2.24) is 5.43 Å². The summed E-state index contributed by atoms with van der Waals surface area (Å²) in [5.74, 6) is 6.95. The summed E-state index contributed by atoms with van der Waals surface area (Å²) in [6.45, 7) is 4.26. The molecule has 0 radical (unpaired) electrons. The second-order valence-electron chi connectivity index (χ2n) is 5.67. The third-order valence-electron chi connectivity index (χ3n) is 4.28. The van der Waals surface area contributed by atoms with E-state index in [9.17, 15) is 4.39 Å². The molecular weight excluding hydrogens is 227 g/mol. The Labute approximate surface area is 109 Å². The maximum atomic E-state index is 13.2. The van der Waals surface area contributed by atoms with E-state index < -0.39 is 0 Å². The molecule has 1 unspecified atom stereocenters. The lowest BCUT2D eigenvalue weighted by molar-refractivity contribution is 0.232. The second-order valence-corrected chi connectivity index (χ2v) is 5.67. The van der Waals surface area contributed by atoms with Gasteiger partial charge in [0.25, 0.3) is 0 Å². The zero-order valence-electron chi connectivity index (χ0n) is 11.2. The minimum absolute atomic E-state index is 0.151. The van der Waals surface area contributed by atoms with Gasteiger partial charge in [-0.25, -0.2) is 4.39 Å². The van der Waals surface area contributed by atoms with Crippen LogP contribution in [0.15, 0.2) is 18.2 Å². The van der Waals surface area contributed by atoms with Gasteiger partial charge in [-0.1, -0.05) is 25.8 Å². The predicted octanol–water partition coefficient (Wildman–Crippen LogP) is 3.46. The smallest absolute Gasteiger partial charge is 0.123 e. The Balaban J connectivity index is 2.17. The molecule has 2 rings (SSSR count). The van der Waals surface area contributed by atoms with E-state index in [0.29, 0.717) is 5.92 Å². The van der Waals surface area contributed by atoms with Crippen molar-refractivity contribution in [3.8, 4) is 0 Å². The van der Waals surface area contributed by atoms with E-state index in [1.807, 2.05) is 13.0 Å². The van der Waals surface area contributed by atoms with Gasteiger partial charge in [-0.2, -0.15) is 0 Å². The fourth-order valence-corrected chi connectivity index (χ4v) is 3.09. The lowest BCUT2D eigenvalue weighted by Gasteiger charge is -2.33. The molecule has 1 aliphatic rings. The standard InChI is InChI=1S/C15H23FN2/c1-10-3-5-12(6-4-10)15(18-17)14-8-7-13(16)9-11(14)2/h7-10,12,15,18H,3-6,17H2,1-2H3. The number of rotatable bonds is 3. The van der Waals surface area contributed by atoms with Crippen molar-refractivity contribution in [2.45, 2.75) is 45.6 Å². The van der Waals surface area contributed by atoms with Gasteiger partial charge < -0.3 is 0 Å². The minimum atomic E-state index is -0.177. The van der Waals surface area contributed by atoms with Crippen LogP contribution in [0.2, 0.25) is 0 Å². The van der Waals surface area contributed by atoms with Crippen LogP contribution in [0, 0.1) is 24.6 Å². The molecule has 3 N–H and O–H groups in total. The van der Waals surface area contributed by atoms with Crippen molar-refractivity contribution < 1.29 is 4.39 Å². The average Bonchev–Trinajstić information content (AvgIpc) is 2.35. The number of hydrazine groups is 1. The van der Waals surface area contributed by atoms with Crippen LogP contribution in [-0.2, 0) is 0 Å². The number of aryl methyl sites for hydroxylation is 1. The van der Waals surface area contributed by atoms with Crippen LogP contribution in [0.5, 0.6) is 0 Å². The van der Waals surface area contributed by atoms with Crippen LogP contribution in [0.25, 0.3) is 0 Å². The highest BCUT2D eigenvalue weighted by molar-refractivity contribution is 5.30. The molecule has 0 aliphatic heterocycles. The van der Waals surface area contributed by atoms with Crippen molar-refractivity contribution in [2.24, 2.45) is 17.7 Å². The lowest BCUT2D eigenvalue weighted by atomic mass is 9.77. The third-order valence-corrected chi connectivity index (χ3v) is 4.28. The SMILES string of the molecule is Cc1cc(F)ccc1C(NN)C1CCC(C)CC1. The molecule has 0 heterocycles. The zero-order chi connectivity index (χ0) is 13.1. The summed E-state index contributed by atoms with van der Waals surface area (Å²) >= 11 is 0. The van der Waals surface area contributed by atoms with E-state index in [1.54, 1.807) is 6.07 Å². The van der Waals surface area contributed by atoms with E-state index in [1.165, 1.54) is 31.7 Å². The highest BCUT2D eigenvalue weighted by Crippen LogP contribution is 2.37. The molecule has 3 heteroatoms. The average molecular weight is 250 g/mol. The molecule has 1 fully saturated rings. The molecule has 1 saturated carbocycles. The Kier molecular flexibility index (Phi) is 4.36. The molecule has 0 saturated heterocycles. The van der Waals surface area contributed by atoms with E-state index in [0.717, 1.165) is 17.0 Å². The van der Waals surface area contributed by atoms with Gasteiger partial charge in [-0.05, 0) is 54.9 Å². The number of nitrogens with one attached hydrogen (secondary N) is 1. The monoisotopic (exact) mass is 250 g/mol. The molecule has 1 aromatic carbocycles. The van der Waals surface area contributed by atoms with Gasteiger partial charge in [0, 0.05) is 6.04 Å². The predicted molar refractivity (Wildman–Crippen MR) is 72.3 cm³/mol. The molecule has 1 aliphatic carbocycles. The van der Waals surface area contributed by atoms with Crippen LogP contribution in [0.4, 0.5) is 4.39 Å². The number of nitrogens with two attached hydrogens (primary N) is 1. The summed E-state index contributed by atoms with van der Waals surface area (Å²) in [6, 6.07) is 5.13. The van der Waals surface area contributed by atoms with Gasteiger partial charge in [0.1, 0.15) is 5.82 Å². The van der Waals surface area contributed by atoms with Crippen molar-refractivity contribution in [1.29, 1.82) is 0 Å². The molecule has 18 heavy (non-hydrogen) atoms. The first kappa shape index (κ1) is 13.5. The second kappa shape index (κ2) is 5.81. The quantitative estimate of drug-likeness (QED) is 0.637. The highest BCUT2D eigenvalue weighted by Gasteiger charge is 2.27. The number of halogens is 1. The number of hydrogen-bond donors (Lipinski definition) is 2. The van der Waals surface area contributed by atoms with E-state index >= 15 is 0 Å². The lowest BCUT2D eigenvalue weighted by Crippen LogP contribution is -2.35. The Morgan fingerprint density at radius 2 is 1.94 bits per heavy atom. The Morgan fingerprint density at radius 3 is 2.50 bits per heavy atom. The summed E-state index contributed by atoms with van der Waals surface area (Å²) in [4.78, 5) is 0. The normalized spacial score (nSPS) is 26.0. The van der Waals surface area contributed by atoms with Gasteiger partial charge in [0.15, 0.2) is 0 Å². The summed E-state index contributed by atoms with van der Waals surface area (Å²) in [6.07, 6.45) is 4.94. The van der Waals surface area contributed by atoms with E-state index in [2.05, 4.69) is 12.3 Å². The molecule has 2 nitrogen and oxygen atoms in total. The Bertz CT molecular complexity index is 397. The highest BCUT2D eigenvalue weighted by atomic mass is 19.1. The first-order valence-corrected chi connectivity index (χ1v) is 6.84. The maximum absolute atomic E-state index is 13.2. The van der Waals surface area contributed by atoms with Crippen LogP contribution in [-0.4, -0.2) is 0 Å². The molecule has 0 bridgehead atoms. The summed E-state index contributed by atoms with van der Waals surface area (Å²) in [5.41, 5.74) is 5.06. The van der Waals surface area contributed by atoms with Crippen molar-refractivity contribution in [3.05, 3.63) is 35.1 Å². The largest absolute Gasteiger partial charge is 0.271 e. The number of benzene rings is 1. The van der Waals surface area contributed by atoms with Gasteiger partial charge in [-0.3, -0.25) is 11.3 Å². The number of hydrogen-bond acceptors (Lipinski definition) is 2. The van der Waals surface area contributed by atoms with Crippen molar-refractivity contribution in [3.63, 3.8) is 0 Å². The molecule has 0 amide bonds. The fraction of sp³-hybridized carbons (Fsp3) is 0.600. The molecule has 1 atom stereocenters. The molecule has 0 aromatic heterocycles. The van der Waals surface area contributed by atoms with Gasteiger partial charge in [-0.15, -0.1) is 0 Å². The zero-order valence-corrected chi connectivity index (χ0v) is 11.2. The first-order valence-electron chi connectivity index (χ1n) is 6.84. The van der Waals surface area contributed by atoms with E-state index in [-0.39, 0.29) is 11.9 Å². The Morgan fingerprint density at radius 1 is 1.28 bits per heavy atom. The van der Waals surface area contributed by atoms with Gasteiger partial charge in [0.2, 0.25) is 0 Å². The van der Waals surface area contributed by atoms with Crippen molar-refractivity contribution in [2.75, 3.05) is 0 Å². The maximum Gasteiger partial charge on any atom is 0.123 e. The van der Waals surface area contributed by atoms with Crippen LogP contribution in [0.1, 0.15) is 49.8 Å². The van der Waals surface area contributed by atoms with Crippen LogP contribution < -0.4 is 11.3 Å².